The molecule has 1 rings (SSSR count). The molecule has 96 valence electrons. The summed E-state index contributed by atoms with van der Waals surface area (Å²) in [4.78, 5) is 32.7. The molecule has 0 aliphatic heterocycles. The van der Waals surface area contributed by atoms with Crippen molar-refractivity contribution in [2.45, 2.75) is 6.92 Å². The molecule has 0 aliphatic rings. The molecular weight excluding hydrogens is 240 g/mol. The van der Waals surface area contributed by atoms with E-state index >= 15 is 0 Å². The highest BCUT2D eigenvalue weighted by Gasteiger charge is 2.04. The largest absolute Gasteiger partial charge is 0.465 e. The van der Waals surface area contributed by atoms with Crippen LogP contribution in [0.15, 0.2) is 28.9 Å². The van der Waals surface area contributed by atoms with Crippen LogP contribution in [0.4, 0.5) is 0 Å². The Bertz CT molecular complexity index is 450. The number of carbonyl (C=O) groups is 3. The van der Waals surface area contributed by atoms with Gasteiger partial charge in [0.05, 0.1) is 6.26 Å². The molecule has 18 heavy (non-hydrogen) atoms. The fourth-order valence-electron chi connectivity index (χ4n) is 0.915. The molecule has 1 aromatic heterocycles. The van der Waals surface area contributed by atoms with E-state index in [4.69, 9.17) is 4.42 Å². The number of hydrogen-bond acceptors (Lipinski definition) is 5. The van der Waals surface area contributed by atoms with Gasteiger partial charge in [-0.3, -0.25) is 20.4 Å². The van der Waals surface area contributed by atoms with Gasteiger partial charge < -0.3 is 9.15 Å². The zero-order valence-corrected chi connectivity index (χ0v) is 9.64. The van der Waals surface area contributed by atoms with E-state index in [0.717, 1.165) is 6.08 Å². The molecule has 0 fully saturated rings. The number of ether oxygens (including phenoxy) is 1. The van der Waals surface area contributed by atoms with Crippen molar-refractivity contribution in [3.63, 3.8) is 0 Å². The van der Waals surface area contributed by atoms with E-state index in [1.807, 2.05) is 5.43 Å². The number of hydrazine groups is 1. The Morgan fingerprint density at radius 2 is 2.17 bits per heavy atom. The first-order valence-corrected chi connectivity index (χ1v) is 5.01. The van der Waals surface area contributed by atoms with E-state index in [-0.39, 0.29) is 0 Å². The second-order valence-corrected chi connectivity index (χ2v) is 3.19. The predicted molar refractivity (Wildman–Crippen MR) is 60.7 cm³/mol. The Kier molecular flexibility index (Phi) is 5.17. The average Bonchev–Trinajstić information content (AvgIpc) is 2.84. The van der Waals surface area contributed by atoms with Crippen LogP contribution in [0.1, 0.15) is 12.7 Å². The third kappa shape index (κ3) is 5.50. The number of carbonyl (C=O) groups excluding carboxylic acids is 3. The van der Waals surface area contributed by atoms with Crippen LogP contribution in [0.2, 0.25) is 0 Å². The minimum atomic E-state index is -0.690. The lowest BCUT2D eigenvalue weighted by Gasteiger charge is -2.04. The highest BCUT2D eigenvalue weighted by Crippen LogP contribution is 2.02. The Balaban J connectivity index is 2.24. The maximum absolute atomic E-state index is 11.2. The van der Waals surface area contributed by atoms with Gasteiger partial charge in [-0.2, -0.15) is 0 Å². The van der Waals surface area contributed by atoms with Gasteiger partial charge in [0, 0.05) is 13.0 Å². The van der Waals surface area contributed by atoms with Crippen LogP contribution in [0.3, 0.4) is 0 Å². The summed E-state index contributed by atoms with van der Waals surface area (Å²) in [5.41, 5.74) is 4.11. The van der Waals surface area contributed by atoms with Crippen molar-refractivity contribution < 1.29 is 23.5 Å². The van der Waals surface area contributed by atoms with E-state index in [2.05, 4.69) is 10.2 Å². The molecular formula is C11H12N2O5. The second-order valence-electron chi connectivity index (χ2n) is 3.19. The van der Waals surface area contributed by atoms with Crippen molar-refractivity contribution in [1.82, 2.24) is 10.9 Å². The summed E-state index contributed by atoms with van der Waals surface area (Å²) < 4.78 is 9.56. The van der Waals surface area contributed by atoms with Crippen molar-refractivity contribution in [1.29, 1.82) is 0 Å². The van der Waals surface area contributed by atoms with Crippen LogP contribution >= 0.6 is 0 Å². The monoisotopic (exact) mass is 252 g/mol. The van der Waals surface area contributed by atoms with Crippen LogP contribution in [-0.4, -0.2) is 24.4 Å². The molecule has 0 saturated heterocycles. The smallest absolute Gasteiger partial charge is 0.331 e. The van der Waals surface area contributed by atoms with E-state index in [1.54, 1.807) is 12.1 Å². The van der Waals surface area contributed by atoms with Gasteiger partial charge in [0.2, 0.25) is 5.91 Å². The van der Waals surface area contributed by atoms with Crippen LogP contribution < -0.4 is 10.9 Å². The van der Waals surface area contributed by atoms with Gasteiger partial charge in [0.1, 0.15) is 5.76 Å². The molecule has 2 N–H and O–H groups in total. The third-order valence-electron chi connectivity index (χ3n) is 1.65. The Hall–Kier alpha value is -2.57. The standard InChI is InChI=1S/C11H12N2O5/c1-8(14)12-13-10(15)7-18-11(16)5-4-9-3-2-6-17-9/h2-6H,7H2,1H3,(H,12,14)(H,13,15)/b5-4+. The molecule has 1 aromatic rings. The van der Waals surface area contributed by atoms with Crippen molar-refractivity contribution in [3.05, 3.63) is 30.2 Å². The molecule has 0 spiro atoms. The van der Waals surface area contributed by atoms with Crippen molar-refractivity contribution in [3.8, 4) is 0 Å². The molecule has 0 bridgehead atoms. The number of hydrogen-bond donors (Lipinski definition) is 2. The number of rotatable bonds is 4. The minimum Gasteiger partial charge on any atom is -0.465 e. The molecule has 0 unspecified atom stereocenters. The summed E-state index contributed by atoms with van der Waals surface area (Å²) in [6.45, 7) is 0.750. The summed E-state index contributed by atoms with van der Waals surface area (Å²) in [5, 5.41) is 0. The van der Waals surface area contributed by atoms with Gasteiger partial charge in [0.25, 0.3) is 5.91 Å². The second kappa shape index (κ2) is 6.89. The molecule has 0 aromatic carbocycles. The molecule has 0 atom stereocenters. The lowest BCUT2D eigenvalue weighted by atomic mass is 10.4. The SMILES string of the molecule is CC(=O)NNC(=O)COC(=O)/C=C/c1ccco1. The van der Waals surface area contributed by atoms with Crippen LogP contribution in [-0.2, 0) is 19.1 Å². The van der Waals surface area contributed by atoms with E-state index in [1.165, 1.54) is 19.3 Å². The molecule has 7 heteroatoms. The summed E-state index contributed by atoms with van der Waals surface area (Å²) >= 11 is 0. The molecule has 7 nitrogen and oxygen atoms in total. The topological polar surface area (TPSA) is 97.6 Å². The predicted octanol–water partition coefficient (Wildman–Crippen LogP) is 0.00330. The number of esters is 1. The van der Waals surface area contributed by atoms with E-state index in [9.17, 15) is 14.4 Å². The van der Waals surface area contributed by atoms with Crippen LogP contribution in [0.25, 0.3) is 6.08 Å². The molecule has 0 radical (unpaired) electrons. The normalized spacial score (nSPS) is 10.1. The highest BCUT2D eigenvalue weighted by molar-refractivity contribution is 5.89. The minimum absolute atomic E-state index is 0.424. The number of nitrogens with one attached hydrogen (secondary N) is 2. The Labute approximate surface area is 103 Å². The van der Waals surface area contributed by atoms with Gasteiger partial charge in [-0.15, -0.1) is 0 Å². The van der Waals surface area contributed by atoms with Crippen molar-refractivity contribution >= 4 is 23.9 Å². The van der Waals surface area contributed by atoms with Gasteiger partial charge in [-0.1, -0.05) is 0 Å². The van der Waals surface area contributed by atoms with Gasteiger partial charge in [0.15, 0.2) is 6.61 Å². The highest BCUT2D eigenvalue weighted by atomic mass is 16.5. The maximum atomic E-state index is 11.2. The average molecular weight is 252 g/mol. The first-order valence-electron chi connectivity index (χ1n) is 5.01. The number of amides is 2. The summed E-state index contributed by atoms with van der Waals surface area (Å²) in [5.74, 6) is -1.25. The van der Waals surface area contributed by atoms with Gasteiger partial charge >= 0.3 is 5.97 Å². The lowest BCUT2D eigenvalue weighted by Crippen LogP contribution is -2.42. The molecule has 1 heterocycles. The quantitative estimate of drug-likeness (QED) is 0.446. The zero-order chi connectivity index (χ0) is 13.4. The fraction of sp³-hybridized carbons (Fsp3) is 0.182. The fourth-order valence-corrected chi connectivity index (χ4v) is 0.915. The van der Waals surface area contributed by atoms with E-state index in [0.29, 0.717) is 5.76 Å². The maximum Gasteiger partial charge on any atom is 0.331 e. The van der Waals surface area contributed by atoms with Crippen molar-refractivity contribution in [2.75, 3.05) is 6.61 Å². The summed E-state index contributed by atoms with van der Waals surface area (Å²) in [6, 6.07) is 3.33. The number of furan rings is 1. The zero-order valence-electron chi connectivity index (χ0n) is 9.64. The lowest BCUT2D eigenvalue weighted by molar-refractivity contribution is -0.144. The van der Waals surface area contributed by atoms with Crippen LogP contribution in [0, 0.1) is 0 Å². The first kappa shape index (κ1) is 13.5. The molecule has 0 aliphatic carbocycles. The van der Waals surface area contributed by atoms with Crippen molar-refractivity contribution in [2.24, 2.45) is 0 Å². The Morgan fingerprint density at radius 1 is 1.39 bits per heavy atom. The van der Waals surface area contributed by atoms with Crippen LogP contribution in [0.5, 0.6) is 0 Å². The van der Waals surface area contributed by atoms with Gasteiger partial charge in [-0.05, 0) is 18.2 Å². The summed E-state index contributed by atoms with van der Waals surface area (Å²) in [6.07, 6.45) is 4.00. The Morgan fingerprint density at radius 3 is 2.78 bits per heavy atom. The van der Waals surface area contributed by atoms with E-state index < -0.39 is 24.4 Å². The molecule has 0 saturated carbocycles. The molecule has 2 amide bonds. The third-order valence-corrected chi connectivity index (χ3v) is 1.65. The van der Waals surface area contributed by atoms with Gasteiger partial charge in [-0.25, -0.2) is 4.79 Å². The first-order chi connectivity index (χ1) is 8.58. The summed E-state index contributed by atoms with van der Waals surface area (Å²) in [7, 11) is 0.